The highest BCUT2D eigenvalue weighted by molar-refractivity contribution is 6.09. The quantitative estimate of drug-likeness (QED) is 0.479. The second-order valence-electron chi connectivity index (χ2n) is 9.45. The SMILES string of the molecule is CC1(C)CC(=O)C2=C(C1)Nc1ccccc1N(C(=O)Nc1ccccc1)[C@H]2c1ccccc1. The second-order valence-corrected chi connectivity index (χ2v) is 9.45. The van der Waals surface area contributed by atoms with Crippen LogP contribution in [0.25, 0.3) is 0 Å². The Morgan fingerprint density at radius 3 is 2.27 bits per heavy atom. The lowest BCUT2D eigenvalue weighted by atomic mass is 9.73. The summed E-state index contributed by atoms with van der Waals surface area (Å²) in [6.07, 6.45) is 1.18. The number of Topliss-reactive ketones (excluding diaryl/α,β-unsaturated/α-hetero) is 1. The van der Waals surface area contributed by atoms with E-state index in [1.54, 1.807) is 4.90 Å². The Bertz CT molecular complexity index is 1230. The van der Waals surface area contributed by atoms with Gasteiger partial charge in [0.25, 0.3) is 0 Å². The van der Waals surface area contributed by atoms with Crippen molar-refractivity contribution in [2.45, 2.75) is 32.7 Å². The summed E-state index contributed by atoms with van der Waals surface area (Å²) in [5.41, 5.74) is 4.57. The summed E-state index contributed by atoms with van der Waals surface area (Å²) in [6, 6.07) is 26.1. The third kappa shape index (κ3) is 4.02. The van der Waals surface area contributed by atoms with E-state index in [9.17, 15) is 9.59 Å². The lowest BCUT2D eigenvalue weighted by Crippen LogP contribution is -2.41. The summed E-state index contributed by atoms with van der Waals surface area (Å²) in [6.45, 7) is 4.23. The third-order valence-electron chi connectivity index (χ3n) is 6.26. The number of amides is 2. The molecule has 0 aromatic heterocycles. The highest BCUT2D eigenvalue weighted by Gasteiger charge is 2.43. The van der Waals surface area contributed by atoms with Crippen molar-refractivity contribution < 1.29 is 9.59 Å². The van der Waals surface area contributed by atoms with Crippen LogP contribution in [0.5, 0.6) is 0 Å². The number of nitrogens with one attached hydrogen (secondary N) is 2. The van der Waals surface area contributed by atoms with Crippen LogP contribution in [0.4, 0.5) is 21.9 Å². The number of benzene rings is 3. The number of rotatable bonds is 2. The Labute approximate surface area is 194 Å². The van der Waals surface area contributed by atoms with Gasteiger partial charge in [0.15, 0.2) is 5.78 Å². The van der Waals surface area contributed by atoms with Gasteiger partial charge in [-0.3, -0.25) is 9.69 Å². The molecule has 1 heterocycles. The van der Waals surface area contributed by atoms with Crippen molar-refractivity contribution >= 4 is 28.9 Å². The third-order valence-corrected chi connectivity index (χ3v) is 6.26. The lowest BCUT2D eigenvalue weighted by molar-refractivity contribution is -0.118. The molecule has 5 nitrogen and oxygen atoms in total. The minimum atomic E-state index is -0.537. The maximum atomic E-state index is 13.8. The van der Waals surface area contributed by atoms with Gasteiger partial charge in [-0.05, 0) is 41.7 Å². The fourth-order valence-electron chi connectivity index (χ4n) is 4.87. The van der Waals surface area contributed by atoms with Gasteiger partial charge in [-0.15, -0.1) is 0 Å². The number of para-hydroxylation sites is 3. The van der Waals surface area contributed by atoms with Crippen LogP contribution in [0, 0.1) is 5.41 Å². The Hall–Kier alpha value is -3.86. The molecule has 0 fully saturated rings. The number of carbonyl (C=O) groups excluding carboxylic acids is 2. The number of hydrogen-bond acceptors (Lipinski definition) is 3. The number of ketones is 1. The van der Waals surface area contributed by atoms with Crippen molar-refractivity contribution in [1.29, 1.82) is 0 Å². The number of carbonyl (C=O) groups is 2. The minimum Gasteiger partial charge on any atom is -0.357 e. The van der Waals surface area contributed by atoms with Gasteiger partial charge in [0.2, 0.25) is 0 Å². The van der Waals surface area contributed by atoms with Gasteiger partial charge >= 0.3 is 6.03 Å². The fourth-order valence-corrected chi connectivity index (χ4v) is 4.87. The van der Waals surface area contributed by atoms with Crippen molar-refractivity contribution in [2.75, 3.05) is 15.5 Å². The molecule has 2 aliphatic rings. The number of allylic oxidation sites excluding steroid dienone is 1. The van der Waals surface area contributed by atoms with Crippen molar-refractivity contribution in [3.05, 3.63) is 102 Å². The van der Waals surface area contributed by atoms with Crippen LogP contribution in [0.1, 0.15) is 38.3 Å². The maximum Gasteiger partial charge on any atom is 0.327 e. The Balaban J connectivity index is 1.71. The molecule has 1 atom stereocenters. The molecule has 0 spiro atoms. The Morgan fingerprint density at radius 1 is 0.909 bits per heavy atom. The number of anilines is 3. The predicted octanol–water partition coefficient (Wildman–Crippen LogP) is 6.54. The normalized spacial score (nSPS) is 19.2. The average Bonchev–Trinajstić information content (AvgIpc) is 2.94. The molecule has 0 unspecified atom stereocenters. The maximum absolute atomic E-state index is 13.8. The van der Waals surface area contributed by atoms with E-state index in [4.69, 9.17) is 0 Å². The van der Waals surface area contributed by atoms with E-state index >= 15 is 0 Å². The zero-order chi connectivity index (χ0) is 23.0. The zero-order valence-corrected chi connectivity index (χ0v) is 18.8. The van der Waals surface area contributed by atoms with Gasteiger partial charge in [-0.25, -0.2) is 4.79 Å². The number of fused-ring (bicyclic) bond motifs is 1. The molecule has 0 radical (unpaired) electrons. The number of hydrogen-bond donors (Lipinski definition) is 2. The molecule has 3 aromatic rings. The highest BCUT2D eigenvalue weighted by atomic mass is 16.2. The van der Waals surface area contributed by atoms with Crippen LogP contribution in [0.2, 0.25) is 0 Å². The van der Waals surface area contributed by atoms with Gasteiger partial charge in [-0.1, -0.05) is 74.5 Å². The van der Waals surface area contributed by atoms with Crippen LogP contribution in [0.3, 0.4) is 0 Å². The van der Waals surface area contributed by atoms with E-state index in [0.29, 0.717) is 17.7 Å². The zero-order valence-electron chi connectivity index (χ0n) is 18.8. The van der Waals surface area contributed by atoms with Crippen molar-refractivity contribution in [3.63, 3.8) is 0 Å². The molecule has 0 bridgehead atoms. The molecule has 3 aromatic carbocycles. The largest absolute Gasteiger partial charge is 0.357 e. The van der Waals surface area contributed by atoms with Crippen LogP contribution < -0.4 is 15.5 Å². The summed E-state index contributed by atoms with van der Waals surface area (Å²) in [5.74, 6) is 0.0768. The van der Waals surface area contributed by atoms with Crippen LogP contribution in [-0.4, -0.2) is 11.8 Å². The van der Waals surface area contributed by atoms with Gasteiger partial charge in [0, 0.05) is 23.4 Å². The van der Waals surface area contributed by atoms with E-state index in [0.717, 1.165) is 29.1 Å². The van der Waals surface area contributed by atoms with Gasteiger partial charge in [-0.2, -0.15) is 0 Å². The first-order valence-electron chi connectivity index (χ1n) is 11.3. The molecular formula is C28H27N3O2. The summed E-state index contributed by atoms with van der Waals surface area (Å²) in [7, 11) is 0. The fraction of sp³-hybridized carbons (Fsp3) is 0.214. The molecule has 0 saturated carbocycles. The van der Waals surface area contributed by atoms with E-state index < -0.39 is 6.04 Å². The molecule has 5 rings (SSSR count). The molecule has 33 heavy (non-hydrogen) atoms. The molecule has 1 aliphatic carbocycles. The van der Waals surface area contributed by atoms with Gasteiger partial charge in [0.05, 0.1) is 17.4 Å². The van der Waals surface area contributed by atoms with E-state index in [1.165, 1.54) is 0 Å². The summed E-state index contributed by atoms with van der Waals surface area (Å²) in [5, 5.41) is 6.57. The summed E-state index contributed by atoms with van der Waals surface area (Å²) >= 11 is 0. The van der Waals surface area contributed by atoms with Gasteiger partial charge < -0.3 is 10.6 Å². The number of urea groups is 1. The van der Waals surface area contributed by atoms with E-state index in [2.05, 4.69) is 24.5 Å². The van der Waals surface area contributed by atoms with Crippen molar-refractivity contribution in [1.82, 2.24) is 0 Å². The molecule has 166 valence electrons. The summed E-state index contributed by atoms with van der Waals surface area (Å²) in [4.78, 5) is 29.2. The van der Waals surface area contributed by atoms with Crippen LogP contribution in [-0.2, 0) is 4.79 Å². The minimum absolute atomic E-state index is 0.0768. The molecule has 0 saturated heterocycles. The second kappa shape index (κ2) is 8.24. The molecule has 1 aliphatic heterocycles. The Kier molecular flexibility index (Phi) is 5.25. The molecule has 2 amide bonds. The molecule has 5 heteroatoms. The first-order chi connectivity index (χ1) is 15.9. The highest BCUT2D eigenvalue weighted by Crippen LogP contribution is 2.48. The Morgan fingerprint density at radius 2 is 1.55 bits per heavy atom. The van der Waals surface area contributed by atoms with Crippen LogP contribution in [0.15, 0.2) is 96.2 Å². The van der Waals surface area contributed by atoms with Crippen molar-refractivity contribution in [3.8, 4) is 0 Å². The first kappa shape index (κ1) is 21.0. The smallest absolute Gasteiger partial charge is 0.327 e. The predicted molar refractivity (Wildman–Crippen MR) is 132 cm³/mol. The average molecular weight is 438 g/mol. The first-order valence-corrected chi connectivity index (χ1v) is 11.3. The van der Waals surface area contributed by atoms with E-state index in [-0.39, 0.29) is 17.2 Å². The van der Waals surface area contributed by atoms with Gasteiger partial charge in [0.1, 0.15) is 0 Å². The number of nitrogens with zero attached hydrogens (tertiary/aromatic N) is 1. The van der Waals surface area contributed by atoms with E-state index in [1.807, 2.05) is 84.9 Å². The molecule has 2 N–H and O–H groups in total. The molecular weight excluding hydrogens is 410 g/mol. The van der Waals surface area contributed by atoms with Crippen LogP contribution >= 0.6 is 0 Å². The summed E-state index contributed by atoms with van der Waals surface area (Å²) < 4.78 is 0. The lowest BCUT2D eigenvalue weighted by Gasteiger charge is -2.37. The topological polar surface area (TPSA) is 61.4 Å². The standard InChI is InChI=1S/C28H27N3O2/c1-28(2)17-22-25(24(32)18-28)26(19-11-5-3-6-12-19)31(23-16-10-9-15-21(23)30-22)27(33)29-20-13-7-4-8-14-20/h3-16,26,30H,17-18H2,1-2H3,(H,29,33)/t26-/m0/s1. The monoisotopic (exact) mass is 437 g/mol. The van der Waals surface area contributed by atoms with Crippen molar-refractivity contribution in [2.24, 2.45) is 5.41 Å².